The summed E-state index contributed by atoms with van der Waals surface area (Å²) in [4.78, 5) is 2.37. The molecular weight excluding hydrogens is 751 g/mol. The summed E-state index contributed by atoms with van der Waals surface area (Å²) in [6.07, 6.45) is 0. The average Bonchev–Trinajstić information content (AvgIpc) is 3.81. The molecule has 11 rings (SSSR count). The molecule has 0 atom stereocenters. The Morgan fingerprint density at radius 2 is 1.10 bits per heavy atom. The molecule has 0 bridgehead atoms. The fourth-order valence-corrected chi connectivity index (χ4v) is 9.77. The Labute approximate surface area is 363 Å². The molecule has 0 fully saturated rings. The first-order chi connectivity index (χ1) is 30.3. The van der Waals surface area contributed by atoms with Gasteiger partial charge in [0.1, 0.15) is 11.2 Å². The highest BCUT2D eigenvalue weighted by atomic mass is 16.3. The van der Waals surface area contributed by atoms with E-state index in [2.05, 4.69) is 239 Å². The van der Waals surface area contributed by atoms with Gasteiger partial charge in [-0.2, -0.15) is 0 Å². The van der Waals surface area contributed by atoms with Crippen molar-refractivity contribution in [1.29, 1.82) is 0 Å². The van der Waals surface area contributed by atoms with Gasteiger partial charge in [-0.25, -0.2) is 0 Å². The second kappa shape index (κ2) is 14.8. The summed E-state index contributed by atoms with van der Waals surface area (Å²) < 4.78 is 6.70. The highest BCUT2D eigenvalue weighted by molar-refractivity contribution is 6.15. The number of rotatable bonds is 8. The summed E-state index contributed by atoms with van der Waals surface area (Å²) in [6.45, 7) is 11.5. The second-order valence-electron chi connectivity index (χ2n) is 17.0. The Morgan fingerprint density at radius 3 is 1.89 bits per heavy atom. The third-order valence-electron chi connectivity index (χ3n) is 13.0. The molecule has 0 amide bonds. The minimum absolute atomic E-state index is 0.0747. The molecule has 0 aliphatic heterocycles. The molecule has 1 aliphatic rings. The maximum Gasteiger partial charge on any atom is 0.136 e. The first-order valence-electron chi connectivity index (χ1n) is 21.4. The number of anilines is 3. The molecule has 0 unspecified atom stereocenters. The predicted molar refractivity (Wildman–Crippen MR) is 262 cm³/mol. The second-order valence-corrected chi connectivity index (χ2v) is 17.0. The van der Waals surface area contributed by atoms with E-state index in [1.807, 2.05) is 0 Å². The standard InChI is InChI=1S/C60H45NO/c1-39-16-11-12-23-49(39)53-38-48(31-33-50(53)40(2)41-17-7-5-8-18-41)61(46-29-26-43(27-30-46)42-19-9-6-10-20-42)47-22-15-21-44(36-47)45-28-32-52-57(37-45)62-56-35-34-55-58(59(52)56)51-24-13-14-25-54(51)60(55,3)4/h5-38H,2H2,1,3-4H3. The van der Waals surface area contributed by atoms with Crippen LogP contribution in [0, 0.1) is 6.92 Å². The van der Waals surface area contributed by atoms with Gasteiger partial charge in [-0.15, -0.1) is 0 Å². The third-order valence-corrected chi connectivity index (χ3v) is 13.0. The summed E-state index contributed by atoms with van der Waals surface area (Å²) in [7, 11) is 0. The topological polar surface area (TPSA) is 16.4 Å². The van der Waals surface area contributed by atoms with Gasteiger partial charge in [-0.05, 0) is 139 Å². The average molecular weight is 796 g/mol. The van der Waals surface area contributed by atoms with Crippen LogP contribution in [0.3, 0.4) is 0 Å². The number of benzene rings is 9. The highest BCUT2D eigenvalue weighted by Gasteiger charge is 2.37. The van der Waals surface area contributed by atoms with Gasteiger partial charge in [0.15, 0.2) is 0 Å². The van der Waals surface area contributed by atoms with Crippen LogP contribution in [0.1, 0.15) is 41.7 Å². The van der Waals surface area contributed by atoms with Crippen molar-refractivity contribution in [3.8, 4) is 44.5 Å². The van der Waals surface area contributed by atoms with Crippen LogP contribution in [0.5, 0.6) is 0 Å². The normalized spacial score (nSPS) is 12.6. The minimum Gasteiger partial charge on any atom is -0.456 e. The van der Waals surface area contributed by atoms with Crippen LogP contribution >= 0.6 is 0 Å². The molecule has 0 saturated carbocycles. The highest BCUT2D eigenvalue weighted by Crippen LogP contribution is 2.53. The molecule has 1 heterocycles. The molecule has 10 aromatic rings. The zero-order chi connectivity index (χ0) is 42.0. The lowest BCUT2D eigenvalue weighted by Crippen LogP contribution is -2.14. The van der Waals surface area contributed by atoms with Crippen molar-refractivity contribution in [2.24, 2.45) is 0 Å². The van der Waals surface area contributed by atoms with Crippen LogP contribution in [0.4, 0.5) is 17.1 Å². The summed E-state index contributed by atoms with van der Waals surface area (Å²) in [6, 6.07) is 74.3. The molecule has 1 aromatic heterocycles. The van der Waals surface area contributed by atoms with Crippen molar-refractivity contribution in [3.63, 3.8) is 0 Å². The van der Waals surface area contributed by atoms with E-state index in [0.717, 1.165) is 67.0 Å². The first kappa shape index (κ1) is 37.3. The van der Waals surface area contributed by atoms with Gasteiger partial charge in [0, 0.05) is 33.2 Å². The Balaban J connectivity index is 1.05. The van der Waals surface area contributed by atoms with E-state index in [9.17, 15) is 0 Å². The zero-order valence-corrected chi connectivity index (χ0v) is 35.2. The molecule has 0 radical (unpaired) electrons. The maximum atomic E-state index is 6.70. The van der Waals surface area contributed by atoms with Gasteiger partial charge in [-0.3, -0.25) is 0 Å². The van der Waals surface area contributed by atoms with E-state index in [-0.39, 0.29) is 5.41 Å². The van der Waals surface area contributed by atoms with E-state index in [1.165, 1.54) is 49.9 Å². The van der Waals surface area contributed by atoms with Gasteiger partial charge >= 0.3 is 0 Å². The predicted octanol–water partition coefficient (Wildman–Crippen LogP) is 16.7. The van der Waals surface area contributed by atoms with Gasteiger partial charge < -0.3 is 9.32 Å². The molecular formula is C60H45NO. The third kappa shape index (κ3) is 6.18. The molecule has 0 N–H and O–H groups in total. The maximum absolute atomic E-state index is 6.70. The van der Waals surface area contributed by atoms with E-state index in [0.29, 0.717) is 0 Å². The minimum atomic E-state index is -0.0747. The smallest absolute Gasteiger partial charge is 0.136 e. The number of hydrogen-bond acceptors (Lipinski definition) is 2. The van der Waals surface area contributed by atoms with Crippen molar-refractivity contribution in [2.45, 2.75) is 26.2 Å². The van der Waals surface area contributed by atoms with E-state index >= 15 is 0 Å². The van der Waals surface area contributed by atoms with Crippen molar-refractivity contribution in [1.82, 2.24) is 0 Å². The lowest BCUT2D eigenvalue weighted by Gasteiger charge is -2.28. The number of furan rings is 1. The van der Waals surface area contributed by atoms with Crippen LogP contribution in [-0.4, -0.2) is 0 Å². The number of fused-ring (bicyclic) bond motifs is 7. The van der Waals surface area contributed by atoms with Gasteiger partial charge in [-0.1, -0.05) is 172 Å². The Morgan fingerprint density at radius 1 is 0.468 bits per heavy atom. The Bertz CT molecular complexity index is 3330. The summed E-state index contributed by atoms with van der Waals surface area (Å²) in [5.41, 5.74) is 21.6. The summed E-state index contributed by atoms with van der Waals surface area (Å²) >= 11 is 0. The van der Waals surface area contributed by atoms with E-state index in [4.69, 9.17) is 4.42 Å². The van der Waals surface area contributed by atoms with E-state index < -0.39 is 0 Å². The molecule has 296 valence electrons. The molecule has 0 spiro atoms. The quantitative estimate of drug-likeness (QED) is 0.152. The first-order valence-corrected chi connectivity index (χ1v) is 21.4. The largest absolute Gasteiger partial charge is 0.456 e. The van der Waals surface area contributed by atoms with Crippen molar-refractivity contribution in [2.75, 3.05) is 4.90 Å². The number of nitrogens with zero attached hydrogens (tertiary/aromatic N) is 1. The monoisotopic (exact) mass is 795 g/mol. The van der Waals surface area contributed by atoms with E-state index in [1.54, 1.807) is 0 Å². The molecule has 2 nitrogen and oxygen atoms in total. The van der Waals surface area contributed by atoms with Crippen molar-refractivity contribution in [3.05, 3.63) is 241 Å². The molecule has 0 saturated heterocycles. The number of aryl methyl sites for hydroxylation is 1. The summed E-state index contributed by atoms with van der Waals surface area (Å²) in [5.74, 6) is 0. The Hall–Kier alpha value is -7.68. The van der Waals surface area contributed by atoms with Crippen LogP contribution in [0.15, 0.2) is 217 Å². The van der Waals surface area contributed by atoms with Crippen LogP contribution in [0.25, 0.3) is 72.0 Å². The van der Waals surface area contributed by atoms with Gasteiger partial charge in [0.2, 0.25) is 0 Å². The Kier molecular flexibility index (Phi) is 8.91. The number of hydrogen-bond donors (Lipinski definition) is 0. The van der Waals surface area contributed by atoms with Crippen molar-refractivity contribution < 1.29 is 4.42 Å². The van der Waals surface area contributed by atoms with Gasteiger partial charge in [0.05, 0.1) is 0 Å². The molecule has 62 heavy (non-hydrogen) atoms. The van der Waals surface area contributed by atoms with Crippen LogP contribution in [0.2, 0.25) is 0 Å². The van der Waals surface area contributed by atoms with Crippen LogP contribution in [-0.2, 0) is 5.41 Å². The summed E-state index contributed by atoms with van der Waals surface area (Å²) in [5, 5.41) is 2.34. The zero-order valence-electron chi connectivity index (χ0n) is 35.2. The van der Waals surface area contributed by atoms with Crippen LogP contribution < -0.4 is 4.90 Å². The fraction of sp³-hybridized carbons (Fsp3) is 0.0667. The molecule has 1 aliphatic carbocycles. The fourth-order valence-electron chi connectivity index (χ4n) is 9.77. The lowest BCUT2D eigenvalue weighted by molar-refractivity contribution is 0.656. The van der Waals surface area contributed by atoms with Gasteiger partial charge in [0.25, 0.3) is 0 Å². The molecule has 9 aromatic carbocycles. The van der Waals surface area contributed by atoms with Crippen molar-refractivity contribution >= 4 is 44.6 Å². The SMILES string of the molecule is C=C(c1ccccc1)c1ccc(N(c2ccc(-c3ccccc3)cc2)c2cccc(-c3ccc4c(c3)oc3ccc5c(c34)-c3ccccc3C5(C)C)c2)cc1-c1ccccc1C. The lowest BCUT2D eigenvalue weighted by atomic mass is 9.82. The molecule has 2 heteroatoms.